The molecular weight excluding hydrogens is 337 g/mol. The average molecular weight is 355 g/mol. The SMILES string of the molecule is Cc1c(CC(=O)NCCc2cccc(F)c2)c(=O)oc2cc(O)ccc12. The minimum Gasteiger partial charge on any atom is -0.508 e. The fourth-order valence-corrected chi connectivity index (χ4v) is 2.85. The van der Waals surface area contributed by atoms with Gasteiger partial charge in [-0.2, -0.15) is 0 Å². The van der Waals surface area contributed by atoms with Crippen LogP contribution in [0.2, 0.25) is 0 Å². The molecule has 0 spiro atoms. The van der Waals surface area contributed by atoms with Gasteiger partial charge in [0.05, 0.1) is 12.0 Å². The zero-order chi connectivity index (χ0) is 18.7. The van der Waals surface area contributed by atoms with Crippen molar-refractivity contribution in [3.63, 3.8) is 0 Å². The lowest BCUT2D eigenvalue weighted by Crippen LogP contribution is -2.29. The highest BCUT2D eigenvalue weighted by Gasteiger charge is 2.15. The number of hydrogen-bond acceptors (Lipinski definition) is 4. The van der Waals surface area contributed by atoms with Gasteiger partial charge in [-0.25, -0.2) is 9.18 Å². The van der Waals surface area contributed by atoms with Crippen molar-refractivity contribution < 1.29 is 18.7 Å². The zero-order valence-electron chi connectivity index (χ0n) is 14.2. The molecule has 0 saturated carbocycles. The van der Waals surface area contributed by atoms with E-state index < -0.39 is 5.63 Å². The molecule has 0 aliphatic carbocycles. The van der Waals surface area contributed by atoms with Crippen molar-refractivity contribution in [2.75, 3.05) is 6.54 Å². The third-order valence-corrected chi connectivity index (χ3v) is 4.23. The number of hydrogen-bond donors (Lipinski definition) is 2. The third kappa shape index (κ3) is 3.91. The van der Waals surface area contributed by atoms with Gasteiger partial charge >= 0.3 is 5.63 Å². The van der Waals surface area contributed by atoms with Crippen LogP contribution in [0.15, 0.2) is 51.7 Å². The molecule has 26 heavy (non-hydrogen) atoms. The first kappa shape index (κ1) is 17.7. The van der Waals surface area contributed by atoms with Crippen LogP contribution in [0.5, 0.6) is 5.75 Å². The van der Waals surface area contributed by atoms with Crippen LogP contribution in [0.25, 0.3) is 11.0 Å². The molecule has 1 heterocycles. The van der Waals surface area contributed by atoms with Gasteiger partial charge in [-0.1, -0.05) is 12.1 Å². The Hall–Kier alpha value is -3.15. The first-order chi connectivity index (χ1) is 12.4. The number of benzene rings is 2. The van der Waals surface area contributed by atoms with Crippen LogP contribution in [0.3, 0.4) is 0 Å². The fraction of sp³-hybridized carbons (Fsp3) is 0.200. The van der Waals surface area contributed by atoms with E-state index >= 15 is 0 Å². The molecule has 0 radical (unpaired) electrons. The van der Waals surface area contributed by atoms with E-state index in [-0.39, 0.29) is 35.0 Å². The maximum absolute atomic E-state index is 13.1. The van der Waals surface area contributed by atoms with E-state index in [1.165, 1.54) is 24.3 Å². The van der Waals surface area contributed by atoms with E-state index in [9.17, 15) is 19.1 Å². The fourth-order valence-electron chi connectivity index (χ4n) is 2.85. The molecule has 6 heteroatoms. The number of phenols is 1. The Labute approximate surface area is 149 Å². The van der Waals surface area contributed by atoms with Gasteiger partial charge in [-0.3, -0.25) is 4.79 Å². The van der Waals surface area contributed by atoms with Crippen LogP contribution in [-0.4, -0.2) is 17.6 Å². The Morgan fingerprint density at radius 1 is 1.23 bits per heavy atom. The van der Waals surface area contributed by atoms with Crippen LogP contribution in [0.1, 0.15) is 16.7 Å². The lowest BCUT2D eigenvalue weighted by atomic mass is 10.0. The van der Waals surface area contributed by atoms with Gasteiger partial charge in [0, 0.05) is 18.0 Å². The number of nitrogens with one attached hydrogen (secondary N) is 1. The third-order valence-electron chi connectivity index (χ3n) is 4.23. The van der Waals surface area contributed by atoms with E-state index in [1.807, 2.05) is 0 Å². The number of aromatic hydroxyl groups is 1. The molecule has 0 atom stereocenters. The summed E-state index contributed by atoms with van der Waals surface area (Å²) in [6, 6.07) is 10.7. The van der Waals surface area contributed by atoms with Crippen molar-refractivity contribution >= 4 is 16.9 Å². The van der Waals surface area contributed by atoms with Crippen molar-refractivity contribution in [3.05, 3.63) is 75.4 Å². The van der Waals surface area contributed by atoms with Gasteiger partial charge in [0.2, 0.25) is 5.91 Å². The highest BCUT2D eigenvalue weighted by atomic mass is 19.1. The van der Waals surface area contributed by atoms with Gasteiger partial charge in [0.15, 0.2) is 0 Å². The van der Waals surface area contributed by atoms with Crippen LogP contribution in [0.4, 0.5) is 4.39 Å². The van der Waals surface area contributed by atoms with Crippen molar-refractivity contribution in [3.8, 4) is 5.75 Å². The van der Waals surface area contributed by atoms with E-state index in [2.05, 4.69) is 5.32 Å². The molecule has 2 N–H and O–H groups in total. The molecule has 1 aromatic heterocycles. The van der Waals surface area contributed by atoms with Crippen LogP contribution in [-0.2, 0) is 17.6 Å². The maximum atomic E-state index is 13.1. The number of amides is 1. The number of aryl methyl sites for hydroxylation is 1. The Bertz CT molecular complexity index is 1030. The normalized spacial score (nSPS) is 10.8. The largest absolute Gasteiger partial charge is 0.508 e. The number of phenolic OH excluding ortho intramolecular Hbond substituents is 1. The summed E-state index contributed by atoms with van der Waals surface area (Å²) in [6.45, 7) is 2.08. The molecule has 0 fully saturated rings. The second-order valence-electron chi connectivity index (χ2n) is 6.08. The Kier molecular flexibility index (Phi) is 5.02. The van der Waals surface area contributed by atoms with Gasteiger partial charge < -0.3 is 14.8 Å². The predicted octanol–water partition coefficient (Wildman–Crippen LogP) is 2.85. The summed E-state index contributed by atoms with van der Waals surface area (Å²) < 4.78 is 18.3. The number of fused-ring (bicyclic) bond motifs is 1. The van der Waals surface area contributed by atoms with Crippen LogP contribution in [0, 0.1) is 12.7 Å². The van der Waals surface area contributed by atoms with Crippen LogP contribution >= 0.6 is 0 Å². The lowest BCUT2D eigenvalue weighted by molar-refractivity contribution is -0.120. The van der Waals surface area contributed by atoms with Crippen molar-refractivity contribution in [1.82, 2.24) is 5.32 Å². The number of halogens is 1. The minimum atomic E-state index is -0.596. The van der Waals surface area contributed by atoms with E-state index in [0.717, 1.165) is 5.56 Å². The Morgan fingerprint density at radius 3 is 2.81 bits per heavy atom. The summed E-state index contributed by atoms with van der Waals surface area (Å²) in [5.41, 5.74) is 1.40. The smallest absolute Gasteiger partial charge is 0.340 e. The van der Waals surface area contributed by atoms with Crippen molar-refractivity contribution in [2.24, 2.45) is 0 Å². The highest BCUT2D eigenvalue weighted by Crippen LogP contribution is 2.23. The topological polar surface area (TPSA) is 79.5 Å². The van der Waals surface area contributed by atoms with Crippen molar-refractivity contribution in [2.45, 2.75) is 19.8 Å². The lowest BCUT2D eigenvalue weighted by Gasteiger charge is -2.09. The Balaban J connectivity index is 1.69. The van der Waals surface area contributed by atoms with Gasteiger partial charge in [0.25, 0.3) is 0 Å². The molecule has 2 aromatic carbocycles. The molecule has 0 unspecified atom stereocenters. The highest BCUT2D eigenvalue weighted by molar-refractivity contribution is 5.85. The minimum absolute atomic E-state index is 0.00268. The summed E-state index contributed by atoms with van der Waals surface area (Å²) in [4.78, 5) is 24.3. The van der Waals surface area contributed by atoms with Crippen LogP contribution < -0.4 is 10.9 Å². The summed E-state index contributed by atoms with van der Waals surface area (Å²) in [7, 11) is 0. The summed E-state index contributed by atoms with van der Waals surface area (Å²) in [5.74, 6) is -0.623. The van der Waals surface area contributed by atoms with E-state index in [0.29, 0.717) is 23.9 Å². The monoisotopic (exact) mass is 355 g/mol. The predicted molar refractivity (Wildman–Crippen MR) is 95.7 cm³/mol. The zero-order valence-corrected chi connectivity index (χ0v) is 14.2. The summed E-state index contributed by atoms with van der Waals surface area (Å²) in [5, 5.41) is 12.9. The summed E-state index contributed by atoms with van der Waals surface area (Å²) >= 11 is 0. The molecule has 5 nitrogen and oxygen atoms in total. The molecule has 0 saturated heterocycles. The number of carbonyl (C=O) groups excluding carboxylic acids is 1. The molecule has 0 aliphatic heterocycles. The molecule has 1 amide bonds. The molecule has 0 aliphatic rings. The molecule has 3 rings (SSSR count). The average Bonchev–Trinajstić information content (AvgIpc) is 2.58. The van der Waals surface area contributed by atoms with Gasteiger partial charge in [0.1, 0.15) is 17.1 Å². The van der Waals surface area contributed by atoms with E-state index in [4.69, 9.17) is 4.42 Å². The Morgan fingerprint density at radius 2 is 2.04 bits per heavy atom. The van der Waals surface area contributed by atoms with Gasteiger partial charge in [-0.05, 0) is 48.7 Å². The number of rotatable bonds is 5. The maximum Gasteiger partial charge on any atom is 0.340 e. The standard InChI is InChI=1S/C20H18FNO4/c1-12-16-6-5-15(23)10-18(16)26-20(25)17(12)11-19(24)22-8-7-13-3-2-4-14(21)9-13/h2-6,9-10,23H,7-8,11H2,1H3,(H,22,24). The van der Waals surface area contributed by atoms with Gasteiger partial charge in [-0.15, -0.1) is 0 Å². The van der Waals surface area contributed by atoms with Crippen molar-refractivity contribution in [1.29, 1.82) is 0 Å². The second kappa shape index (κ2) is 7.39. The van der Waals surface area contributed by atoms with E-state index in [1.54, 1.807) is 25.1 Å². The molecular formula is C20H18FNO4. The quantitative estimate of drug-likeness (QED) is 0.690. The second-order valence-corrected chi connectivity index (χ2v) is 6.08. The first-order valence-electron chi connectivity index (χ1n) is 8.20. The number of carbonyl (C=O) groups is 1. The molecule has 0 bridgehead atoms. The molecule has 134 valence electrons. The first-order valence-corrected chi connectivity index (χ1v) is 8.20. The summed E-state index contributed by atoms with van der Waals surface area (Å²) in [6.07, 6.45) is 0.391. The molecule has 3 aromatic rings.